The standard InChI is InChI=1S/C17H21FN4OS/c1-12-9-21(8-7-19-12)10-15-11-24-17(20-15)22(13(2)23)16-5-3-14(18)4-6-16/h3-6,11-12,19H,7-10H2,1-2H3/t12-/m1/s1. The monoisotopic (exact) mass is 348 g/mol. The van der Waals surface area contributed by atoms with E-state index in [0.717, 1.165) is 31.9 Å². The lowest BCUT2D eigenvalue weighted by Crippen LogP contribution is -2.48. The van der Waals surface area contributed by atoms with Crippen LogP contribution in [0.1, 0.15) is 19.5 Å². The van der Waals surface area contributed by atoms with Crippen molar-refractivity contribution in [1.82, 2.24) is 15.2 Å². The van der Waals surface area contributed by atoms with Crippen LogP contribution in [0.2, 0.25) is 0 Å². The number of carbonyl (C=O) groups is 1. The molecular formula is C17H21FN4OS. The van der Waals surface area contributed by atoms with Gasteiger partial charge in [0.1, 0.15) is 5.82 Å². The minimum absolute atomic E-state index is 0.140. The van der Waals surface area contributed by atoms with Gasteiger partial charge in [0.25, 0.3) is 0 Å². The summed E-state index contributed by atoms with van der Waals surface area (Å²) in [5, 5.41) is 6.02. The number of halogens is 1. The van der Waals surface area contributed by atoms with Crippen molar-refractivity contribution in [2.24, 2.45) is 0 Å². The number of amides is 1. The Kier molecular flexibility index (Phi) is 5.23. The first-order chi connectivity index (χ1) is 11.5. The van der Waals surface area contributed by atoms with E-state index >= 15 is 0 Å². The van der Waals surface area contributed by atoms with Crippen LogP contribution < -0.4 is 10.2 Å². The van der Waals surface area contributed by atoms with Crippen LogP contribution >= 0.6 is 11.3 Å². The number of nitrogens with zero attached hydrogens (tertiary/aromatic N) is 3. The van der Waals surface area contributed by atoms with Crippen molar-refractivity contribution < 1.29 is 9.18 Å². The molecule has 0 unspecified atom stereocenters. The Hall–Kier alpha value is -1.83. The number of aromatic nitrogens is 1. The molecule has 1 fully saturated rings. The third kappa shape index (κ3) is 3.98. The van der Waals surface area contributed by atoms with Crippen molar-refractivity contribution in [2.45, 2.75) is 26.4 Å². The molecule has 1 aromatic heterocycles. The molecule has 2 heterocycles. The average Bonchev–Trinajstić information content (AvgIpc) is 2.97. The van der Waals surface area contributed by atoms with E-state index in [1.165, 1.54) is 35.3 Å². The summed E-state index contributed by atoms with van der Waals surface area (Å²) in [6.07, 6.45) is 0. The normalized spacial score (nSPS) is 18.5. The van der Waals surface area contributed by atoms with E-state index in [1.54, 1.807) is 12.1 Å². The number of hydrogen-bond donors (Lipinski definition) is 1. The van der Waals surface area contributed by atoms with Gasteiger partial charge >= 0.3 is 0 Å². The molecule has 0 radical (unpaired) electrons. The summed E-state index contributed by atoms with van der Waals surface area (Å²) in [7, 11) is 0. The van der Waals surface area contributed by atoms with Crippen LogP contribution in [-0.2, 0) is 11.3 Å². The maximum Gasteiger partial charge on any atom is 0.230 e. The second-order valence-corrected chi connectivity index (χ2v) is 6.88. The van der Waals surface area contributed by atoms with E-state index < -0.39 is 0 Å². The fourth-order valence-corrected chi connectivity index (χ4v) is 3.75. The van der Waals surface area contributed by atoms with E-state index in [0.29, 0.717) is 16.9 Å². The highest BCUT2D eigenvalue weighted by Crippen LogP contribution is 2.29. The third-order valence-corrected chi connectivity index (χ3v) is 4.84. The summed E-state index contributed by atoms with van der Waals surface area (Å²) in [5.74, 6) is -0.465. The van der Waals surface area contributed by atoms with Crippen molar-refractivity contribution in [3.05, 3.63) is 41.2 Å². The van der Waals surface area contributed by atoms with Gasteiger partial charge in [0.2, 0.25) is 5.91 Å². The highest BCUT2D eigenvalue weighted by molar-refractivity contribution is 7.14. The van der Waals surface area contributed by atoms with E-state index in [9.17, 15) is 9.18 Å². The number of hydrogen-bond acceptors (Lipinski definition) is 5. The Balaban J connectivity index is 1.76. The zero-order chi connectivity index (χ0) is 17.1. The predicted molar refractivity (Wildman–Crippen MR) is 94.1 cm³/mol. The number of nitrogens with one attached hydrogen (secondary N) is 1. The zero-order valence-electron chi connectivity index (χ0n) is 13.8. The number of anilines is 2. The molecule has 24 heavy (non-hydrogen) atoms. The molecule has 5 nitrogen and oxygen atoms in total. The van der Waals surface area contributed by atoms with Gasteiger partial charge in [-0.05, 0) is 31.2 Å². The number of benzene rings is 1. The molecule has 2 aromatic rings. The van der Waals surface area contributed by atoms with Gasteiger partial charge in [-0.1, -0.05) is 0 Å². The molecule has 0 bridgehead atoms. The number of piperazine rings is 1. The Morgan fingerprint density at radius 3 is 2.88 bits per heavy atom. The largest absolute Gasteiger partial charge is 0.312 e. The van der Waals surface area contributed by atoms with Gasteiger partial charge in [-0.2, -0.15) is 0 Å². The van der Waals surface area contributed by atoms with E-state index in [-0.39, 0.29) is 11.7 Å². The quantitative estimate of drug-likeness (QED) is 0.923. The Labute approximate surface area is 145 Å². The molecule has 3 rings (SSSR count). The van der Waals surface area contributed by atoms with Gasteiger partial charge in [0.05, 0.1) is 11.4 Å². The second kappa shape index (κ2) is 7.38. The average molecular weight is 348 g/mol. The summed E-state index contributed by atoms with van der Waals surface area (Å²) in [6.45, 7) is 7.39. The molecule has 1 N–H and O–H groups in total. The first kappa shape index (κ1) is 17.0. The van der Waals surface area contributed by atoms with Crippen LogP contribution in [-0.4, -0.2) is 41.5 Å². The maximum atomic E-state index is 13.1. The van der Waals surface area contributed by atoms with E-state index in [1.807, 2.05) is 5.38 Å². The van der Waals surface area contributed by atoms with Gasteiger partial charge in [-0.3, -0.25) is 14.6 Å². The molecule has 0 spiro atoms. The van der Waals surface area contributed by atoms with Crippen LogP contribution in [0.15, 0.2) is 29.6 Å². The van der Waals surface area contributed by atoms with Gasteiger partial charge < -0.3 is 5.32 Å². The van der Waals surface area contributed by atoms with Crippen LogP contribution in [0, 0.1) is 5.82 Å². The van der Waals surface area contributed by atoms with Crippen molar-refractivity contribution in [3.63, 3.8) is 0 Å². The Morgan fingerprint density at radius 1 is 1.46 bits per heavy atom. The topological polar surface area (TPSA) is 48.5 Å². The van der Waals surface area contributed by atoms with Gasteiger partial charge in [-0.25, -0.2) is 9.37 Å². The summed E-state index contributed by atoms with van der Waals surface area (Å²) in [4.78, 5) is 20.5. The molecule has 0 saturated carbocycles. The molecule has 1 aromatic carbocycles. The van der Waals surface area contributed by atoms with Crippen LogP contribution in [0.5, 0.6) is 0 Å². The van der Waals surface area contributed by atoms with E-state index in [2.05, 4.69) is 22.1 Å². The van der Waals surface area contributed by atoms with Crippen molar-refractivity contribution in [1.29, 1.82) is 0 Å². The fraction of sp³-hybridized carbons (Fsp3) is 0.412. The van der Waals surface area contributed by atoms with Gasteiger partial charge in [-0.15, -0.1) is 11.3 Å². The first-order valence-corrected chi connectivity index (χ1v) is 8.87. The van der Waals surface area contributed by atoms with Crippen molar-refractivity contribution in [3.8, 4) is 0 Å². The SMILES string of the molecule is CC(=O)N(c1ccc(F)cc1)c1nc(CN2CCN[C@H](C)C2)cs1. The lowest BCUT2D eigenvalue weighted by Gasteiger charge is -2.31. The second-order valence-electron chi connectivity index (χ2n) is 6.04. The Bertz CT molecular complexity index is 703. The molecule has 1 atom stereocenters. The first-order valence-electron chi connectivity index (χ1n) is 7.99. The molecule has 0 aliphatic carbocycles. The van der Waals surface area contributed by atoms with Crippen LogP contribution in [0.3, 0.4) is 0 Å². The molecule has 128 valence electrons. The summed E-state index contributed by atoms with van der Waals surface area (Å²) < 4.78 is 13.1. The molecular weight excluding hydrogens is 327 g/mol. The lowest BCUT2D eigenvalue weighted by molar-refractivity contribution is -0.115. The minimum atomic E-state index is -0.324. The van der Waals surface area contributed by atoms with E-state index in [4.69, 9.17) is 0 Å². The molecule has 1 amide bonds. The molecule has 1 saturated heterocycles. The number of thiazole rings is 1. The molecule has 1 aliphatic heterocycles. The zero-order valence-corrected chi connectivity index (χ0v) is 14.6. The lowest BCUT2D eigenvalue weighted by atomic mass is 10.2. The minimum Gasteiger partial charge on any atom is -0.312 e. The number of carbonyl (C=O) groups excluding carboxylic acids is 1. The highest BCUT2D eigenvalue weighted by atomic mass is 32.1. The summed E-state index contributed by atoms with van der Waals surface area (Å²) in [5.41, 5.74) is 1.58. The maximum absolute atomic E-state index is 13.1. The summed E-state index contributed by atoms with van der Waals surface area (Å²) in [6, 6.07) is 6.36. The Morgan fingerprint density at radius 2 is 2.21 bits per heavy atom. The predicted octanol–water partition coefficient (Wildman–Crippen LogP) is 2.76. The highest BCUT2D eigenvalue weighted by Gasteiger charge is 2.20. The van der Waals surface area contributed by atoms with Crippen LogP contribution in [0.4, 0.5) is 15.2 Å². The van der Waals surface area contributed by atoms with Crippen molar-refractivity contribution >= 4 is 28.1 Å². The van der Waals surface area contributed by atoms with Crippen LogP contribution in [0.25, 0.3) is 0 Å². The fourth-order valence-electron chi connectivity index (χ4n) is 2.87. The molecule has 1 aliphatic rings. The summed E-state index contributed by atoms with van der Waals surface area (Å²) >= 11 is 1.43. The molecule has 7 heteroatoms. The third-order valence-electron chi connectivity index (χ3n) is 3.97. The smallest absolute Gasteiger partial charge is 0.230 e. The van der Waals surface area contributed by atoms with Crippen molar-refractivity contribution in [2.75, 3.05) is 24.5 Å². The van der Waals surface area contributed by atoms with Gasteiger partial charge in [0.15, 0.2) is 5.13 Å². The number of rotatable bonds is 4. The van der Waals surface area contributed by atoms with Gasteiger partial charge in [0, 0.05) is 44.5 Å².